The molecule has 0 spiro atoms. The Morgan fingerprint density at radius 1 is 0.950 bits per heavy atom. The lowest BCUT2D eigenvalue weighted by atomic mass is 9.93. The highest BCUT2D eigenvalue weighted by molar-refractivity contribution is 7.07. The summed E-state index contributed by atoms with van der Waals surface area (Å²) < 4.78 is 23.9. The van der Waals surface area contributed by atoms with E-state index in [0.29, 0.717) is 43.4 Å². The molecule has 1 aliphatic rings. The summed E-state index contributed by atoms with van der Waals surface area (Å²) in [5.74, 6) is 0.884. The number of fused-ring (bicyclic) bond motifs is 1. The van der Waals surface area contributed by atoms with Crippen LogP contribution in [0, 0.1) is 0 Å². The number of hydrogen-bond donors (Lipinski definition) is 0. The topological polar surface area (TPSA) is 88.4 Å². The van der Waals surface area contributed by atoms with Crippen molar-refractivity contribution in [2.75, 3.05) is 27.9 Å². The summed E-state index contributed by atoms with van der Waals surface area (Å²) >= 11 is 1.25. The zero-order chi connectivity index (χ0) is 28.2. The van der Waals surface area contributed by atoms with Gasteiger partial charge in [0.15, 0.2) is 16.3 Å². The van der Waals surface area contributed by atoms with Crippen LogP contribution >= 0.6 is 11.3 Å². The van der Waals surface area contributed by atoms with Gasteiger partial charge in [0, 0.05) is 5.56 Å². The van der Waals surface area contributed by atoms with Gasteiger partial charge in [-0.2, -0.15) is 0 Å². The molecular formula is C31H28N2O6S. The second kappa shape index (κ2) is 11.6. The summed E-state index contributed by atoms with van der Waals surface area (Å²) in [6.07, 6.45) is 1.76. The number of nitrogens with zero attached hydrogens (tertiary/aromatic N) is 2. The molecule has 1 atom stereocenters. The third kappa shape index (κ3) is 4.91. The summed E-state index contributed by atoms with van der Waals surface area (Å²) in [7, 11) is 4.61. The van der Waals surface area contributed by atoms with E-state index in [1.165, 1.54) is 32.7 Å². The lowest BCUT2D eigenvalue weighted by Gasteiger charge is -2.25. The molecule has 1 aliphatic heterocycles. The summed E-state index contributed by atoms with van der Waals surface area (Å²) in [6.45, 7) is 1.95. The van der Waals surface area contributed by atoms with Crippen LogP contribution in [0.1, 0.15) is 29.7 Å². The number of hydrogen-bond acceptors (Lipinski definition) is 8. The first-order valence-corrected chi connectivity index (χ1v) is 13.5. The van der Waals surface area contributed by atoms with Crippen LogP contribution in [0.5, 0.6) is 17.2 Å². The Bertz CT molecular complexity index is 1730. The standard InChI is InChI=1S/C31H28N2O6S/c1-5-39-30(35)25-26(20-12-8-6-9-13-20)32-31-33(27(25)21-14-10-7-11-15-21)29(34)24(40-31)18-19-16-22(36-2)28(38-4)23(17-19)37-3/h6-18,27H,5H2,1-4H3/b24-18-/t27-/m1/s1. The lowest BCUT2D eigenvalue weighted by Crippen LogP contribution is -2.39. The number of carbonyl (C=O) groups is 1. The van der Waals surface area contributed by atoms with Gasteiger partial charge < -0.3 is 18.9 Å². The molecule has 3 aromatic carbocycles. The van der Waals surface area contributed by atoms with Crippen molar-refractivity contribution in [2.45, 2.75) is 13.0 Å². The number of ether oxygens (including phenoxy) is 4. The van der Waals surface area contributed by atoms with Crippen molar-refractivity contribution in [2.24, 2.45) is 4.99 Å². The Kier molecular flexibility index (Phi) is 7.84. The van der Waals surface area contributed by atoms with Crippen LogP contribution in [0.2, 0.25) is 0 Å². The van der Waals surface area contributed by atoms with Crippen LogP contribution < -0.4 is 29.1 Å². The van der Waals surface area contributed by atoms with Crippen LogP contribution in [0.4, 0.5) is 0 Å². The predicted molar refractivity (Wildman–Crippen MR) is 154 cm³/mol. The highest BCUT2D eigenvalue weighted by atomic mass is 32.1. The molecule has 40 heavy (non-hydrogen) atoms. The maximum atomic E-state index is 14.0. The first-order valence-electron chi connectivity index (χ1n) is 12.6. The Hall–Kier alpha value is -4.63. The molecular weight excluding hydrogens is 528 g/mol. The van der Waals surface area contributed by atoms with E-state index in [1.54, 1.807) is 29.7 Å². The quantitative estimate of drug-likeness (QED) is 0.306. The smallest absolute Gasteiger partial charge is 0.338 e. The van der Waals surface area contributed by atoms with Gasteiger partial charge >= 0.3 is 5.97 Å². The number of aromatic nitrogens is 1. The Morgan fingerprint density at radius 2 is 1.57 bits per heavy atom. The van der Waals surface area contributed by atoms with Gasteiger partial charge in [0.2, 0.25) is 5.75 Å². The second-order valence-electron chi connectivity index (χ2n) is 8.80. The van der Waals surface area contributed by atoms with E-state index in [9.17, 15) is 9.59 Å². The molecule has 9 heteroatoms. The van der Waals surface area contributed by atoms with Crippen molar-refractivity contribution in [3.05, 3.63) is 115 Å². The maximum Gasteiger partial charge on any atom is 0.338 e. The van der Waals surface area contributed by atoms with Crippen LogP contribution in [0.15, 0.2) is 88.2 Å². The van der Waals surface area contributed by atoms with Gasteiger partial charge in [0.05, 0.1) is 49.8 Å². The third-order valence-corrected chi connectivity index (χ3v) is 7.46. The Labute approximate surface area is 235 Å². The summed E-state index contributed by atoms with van der Waals surface area (Å²) in [5.41, 5.74) is 2.73. The zero-order valence-corrected chi connectivity index (χ0v) is 23.4. The highest BCUT2D eigenvalue weighted by Gasteiger charge is 2.35. The average molecular weight is 557 g/mol. The van der Waals surface area contributed by atoms with Crippen LogP contribution in [0.25, 0.3) is 11.8 Å². The molecule has 0 radical (unpaired) electrons. The van der Waals surface area contributed by atoms with E-state index in [4.69, 9.17) is 23.9 Å². The largest absolute Gasteiger partial charge is 0.493 e. The van der Waals surface area contributed by atoms with Gasteiger partial charge in [0.1, 0.15) is 0 Å². The number of methoxy groups -OCH3 is 3. The van der Waals surface area contributed by atoms with Gasteiger partial charge in [-0.25, -0.2) is 9.79 Å². The second-order valence-corrected chi connectivity index (χ2v) is 9.81. The van der Waals surface area contributed by atoms with Crippen LogP contribution in [-0.4, -0.2) is 38.5 Å². The Morgan fingerprint density at radius 3 is 2.15 bits per heavy atom. The summed E-state index contributed by atoms with van der Waals surface area (Å²) in [5, 5.41) is 0. The van der Waals surface area contributed by atoms with E-state index in [0.717, 1.165) is 11.1 Å². The van der Waals surface area contributed by atoms with E-state index in [2.05, 4.69) is 0 Å². The summed E-state index contributed by atoms with van der Waals surface area (Å²) in [6, 6.07) is 21.7. The number of rotatable bonds is 8. The molecule has 5 rings (SSSR count). The van der Waals surface area contributed by atoms with E-state index in [1.807, 2.05) is 60.7 Å². The van der Waals surface area contributed by atoms with Gasteiger partial charge in [-0.3, -0.25) is 9.36 Å². The SMILES string of the molecule is CCOC(=O)C1=C(c2ccccc2)N=c2s/c(=C\c3cc(OC)c(OC)c(OC)c3)c(=O)n2[C@@H]1c1ccccc1. The highest BCUT2D eigenvalue weighted by Crippen LogP contribution is 2.38. The van der Waals surface area contributed by atoms with Crippen molar-refractivity contribution < 1.29 is 23.7 Å². The normalized spacial score (nSPS) is 14.8. The van der Waals surface area contributed by atoms with Gasteiger partial charge in [0.25, 0.3) is 5.56 Å². The Balaban J connectivity index is 1.80. The molecule has 8 nitrogen and oxygen atoms in total. The molecule has 2 heterocycles. The molecule has 0 bridgehead atoms. The van der Waals surface area contributed by atoms with Gasteiger partial charge in [-0.1, -0.05) is 72.0 Å². The van der Waals surface area contributed by atoms with Crippen LogP contribution in [0.3, 0.4) is 0 Å². The van der Waals surface area contributed by atoms with Gasteiger partial charge in [-0.15, -0.1) is 0 Å². The van der Waals surface area contributed by atoms with Gasteiger partial charge in [-0.05, 0) is 36.3 Å². The lowest BCUT2D eigenvalue weighted by molar-refractivity contribution is -0.138. The fourth-order valence-electron chi connectivity index (χ4n) is 4.73. The molecule has 0 amide bonds. The van der Waals surface area contributed by atoms with Crippen molar-refractivity contribution >= 4 is 29.1 Å². The first-order chi connectivity index (χ1) is 19.5. The molecule has 0 N–H and O–H groups in total. The van der Waals surface area contributed by atoms with E-state index in [-0.39, 0.29) is 12.2 Å². The molecule has 4 aromatic rings. The van der Waals surface area contributed by atoms with Crippen molar-refractivity contribution in [1.82, 2.24) is 4.57 Å². The minimum atomic E-state index is -0.728. The summed E-state index contributed by atoms with van der Waals surface area (Å²) in [4.78, 5) is 32.9. The average Bonchev–Trinajstić information content (AvgIpc) is 3.30. The minimum Gasteiger partial charge on any atom is -0.493 e. The molecule has 204 valence electrons. The monoisotopic (exact) mass is 556 g/mol. The van der Waals surface area contributed by atoms with Crippen molar-refractivity contribution in [3.63, 3.8) is 0 Å². The molecule has 0 saturated heterocycles. The molecule has 0 fully saturated rings. The number of carbonyl (C=O) groups excluding carboxylic acids is 1. The number of esters is 1. The fraction of sp³-hybridized carbons (Fsp3) is 0.194. The maximum absolute atomic E-state index is 14.0. The fourth-order valence-corrected chi connectivity index (χ4v) is 5.73. The van der Waals surface area contributed by atoms with Crippen molar-refractivity contribution in [1.29, 1.82) is 0 Å². The number of thiazole rings is 1. The molecule has 0 aliphatic carbocycles. The zero-order valence-electron chi connectivity index (χ0n) is 22.5. The molecule has 0 saturated carbocycles. The van der Waals surface area contributed by atoms with Crippen LogP contribution in [-0.2, 0) is 9.53 Å². The first kappa shape index (κ1) is 27.0. The molecule has 0 unspecified atom stereocenters. The molecule has 1 aromatic heterocycles. The number of benzene rings is 3. The van der Waals surface area contributed by atoms with E-state index >= 15 is 0 Å². The predicted octanol–water partition coefficient (Wildman–Crippen LogP) is 3.96. The minimum absolute atomic E-state index is 0.192. The van der Waals surface area contributed by atoms with E-state index < -0.39 is 12.0 Å². The third-order valence-electron chi connectivity index (χ3n) is 6.47. The van der Waals surface area contributed by atoms with Crippen molar-refractivity contribution in [3.8, 4) is 17.2 Å².